The number of benzene rings is 1. The number of hydrogen-bond acceptors (Lipinski definition) is 4. The van der Waals surface area contributed by atoms with Crippen molar-refractivity contribution < 1.29 is 9.53 Å². The lowest BCUT2D eigenvalue weighted by Crippen LogP contribution is -2.32. The third kappa shape index (κ3) is 4.44. The van der Waals surface area contributed by atoms with E-state index in [-0.39, 0.29) is 5.91 Å². The quantitative estimate of drug-likeness (QED) is 0.834. The van der Waals surface area contributed by atoms with Crippen molar-refractivity contribution in [2.45, 2.75) is 13.3 Å². The Bertz CT molecular complexity index is 490. The molecule has 116 valence electrons. The van der Waals surface area contributed by atoms with Crippen LogP contribution in [0.2, 0.25) is 0 Å². The first-order chi connectivity index (χ1) is 10.1. The first-order valence-electron chi connectivity index (χ1n) is 7.44. The number of anilines is 1. The van der Waals surface area contributed by atoms with Gasteiger partial charge in [-0.3, -0.25) is 9.69 Å². The Morgan fingerprint density at radius 1 is 1.48 bits per heavy atom. The number of ether oxygens (including phenoxy) is 1. The number of methoxy groups -OCH3 is 1. The Morgan fingerprint density at radius 2 is 2.29 bits per heavy atom. The first-order valence-corrected chi connectivity index (χ1v) is 7.44. The van der Waals surface area contributed by atoms with E-state index >= 15 is 0 Å². The van der Waals surface area contributed by atoms with Gasteiger partial charge in [0.1, 0.15) is 5.75 Å². The molecule has 0 radical (unpaired) electrons. The van der Waals surface area contributed by atoms with Crippen LogP contribution in [0.3, 0.4) is 0 Å². The predicted molar refractivity (Wildman–Crippen MR) is 84.8 cm³/mol. The average molecular weight is 291 g/mol. The molecule has 2 rings (SSSR count). The van der Waals surface area contributed by atoms with E-state index in [1.165, 1.54) is 0 Å². The van der Waals surface area contributed by atoms with Gasteiger partial charge in [-0.05, 0) is 57.1 Å². The van der Waals surface area contributed by atoms with Crippen LogP contribution < -0.4 is 15.4 Å². The standard InChI is InChI=1S/C16H25N3O2/c1-12-4-5-15(21-3)14(8-12)18-16(20)11-19-7-6-13(10-19)9-17-2/h4-5,8,13,17H,6-7,9-11H2,1-3H3,(H,18,20). The highest BCUT2D eigenvalue weighted by molar-refractivity contribution is 5.93. The largest absolute Gasteiger partial charge is 0.495 e. The van der Waals surface area contributed by atoms with Crippen LogP contribution in [0, 0.1) is 12.8 Å². The Hall–Kier alpha value is -1.59. The minimum atomic E-state index is 0.0176. The van der Waals surface area contributed by atoms with Crippen LogP contribution in [0.4, 0.5) is 5.69 Å². The summed E-state index contributed by atoms with van der Waals surface area (Å²) in [7, 11) is 3.59. The maximum absolute atomic E-state index is 12.2. The molecular formula is C16H25N3O2. The van der Waals surface area contributed by atoms with Gasteiger partial charge in [0.2, 0.25) is 5.91 Å². The molecule has 0 aromatic heterocycles. The maximum atomic E-state index is 12.2. The summed E-state index contributed by atoms with van der Waals surface area (Å²) in [6, 6.07) is 5.78. The van der Waals surface area contributed by atoms with E-state index in [1.807, 2.05) is 32.2 Å². The van der Waals surface area contributed by atoms with Crippen molar-refractivity contribution in [3.63, 3.8) is 0 Å². The van der Waals surface area contributed by atoms with Crippen molar-refractivity contribution in [2.75, 3.05) is 45.7 Å². The van der Waals surface area contributed by atoms with Gasteiger partial charge in [-0.1, -0.05) is 6.07 Å². The van der Waals surface area contributed by atoms with E-state index in [9.17, 15) is 4.79 Å². The molecule has 5 heteroatoms. The summed E-state index contributed by atoms with van der Waals surface area (Å²) in [6.07, 6.45) is 1.15. The third-order valence-electron chi connectivity index (χ3n) is 3.86. The lowest BCUT2D eigenvalue weighted by molar-refractivity contribution is -0.117. The second-order valence-electron chi connectivity index (χ2n) is 5.70. The highest BCUT2D eigenvalue weighted by Gasteiger charge is 2.23. The van der Waals surface area contributed by atoms with Crippen molar-refractivity contribution in [3.8, 4) is 5.75 Å². The number of rotatable bonds is 6. The maximum Gasteiger partial charge on any atom is 0.238 e. The van der Waals surface area contributed by atoms with Crippen LogP contribution in [0.15, 0.2) is 18.2 Å². The van der Waals surface area contributed by atoms with E-state index in [1.54, 1.807) is 7.11 Å². The Labute approximate surface area is 126 Å². The number of nitrogens with zero attached hydrogens (tertiary/aromatic N) is 1. The first kappa shape index (κ1) is 15.8. The molecule has 0 spiro atoms. The number of amides is 1. The molecule has 1 fully saturated rings. The van der Waals surface area contributed by atoms with Gasteiger partial charge in [0.05, 0.1) is 19.3 Å². The fraction of sp³-hybridized carbons (Fsp3) is 0.562. The molecule has 1 aliphatic heterocycles. The summed E-state index contributed by atoms with van der Waals surface area (Å²) in [5, 5.41) is 6.16. The van der Waals surface area contributed by atoms with Crippen molar-refractivity contribution in [1.29, 1.82) is 0 Å². The summed E-state index contributed by atoms with van der Waals surface area (Å²) in [6.45, 7) is 5.43. The molecule has 1 aromatic carbocycles. The number of carbonyl (C=O) groups is 1. The van der Waals surface area contributed by atoms with Gasteiger partial charge >= 0.3 is 0 Å². The molecule has 1 heterocycles. The number of aryl methyl sites for hydroxylation is 1. The van der Waals surface area contributed by atoms with Crippen LogP contribution in [0.1, 0.15) is 12.0 Å². The number of hydrogen-bond donors (Lipinski definition) is 2. The molecule has 0 bridgehead atoms. The highest BCUT2D eigenvalue weighted by atomic mass is 16.5. The molecule has 1 aliphatic rings. The zero-order chi connectivity index (χ0) is 15.2. The summed E-state index contributed by atoms with van der Waals surface area (Å²) in [5.74, 6) is 1.36. The van der Waals surface area contributed by atoms with Crippen molar-refractivity contribution >= 4 is 11.6 Å². The van der Waals surface area contributed by atoms with Crippen LogP contribution in [-0.4, -0.2) is 51.1 Å². The summed E-state index contributed by atoms with van der Waals surface area (Å²) < 4.78 is 5.28. The molecule has 1 amide bonds. The van der Waals surface area contributed by atoms with Gasteiger partial charge < -0.3 is 15.4 Å². The van der Waals surface area contributed by atoms with E-state index in [4.69, 9.17) is 4.74 Å². The average Bonchev–Trinajstić information content (AvgIpc) is 2.86. The number of nitrogens with one attached hydrogen (secondary N) is 2. The molecule has 0 aliphatic carbocycles. The Kier molecular flexibility index (Phi) is 5.59. The monoisotopic (exact) mass is 291 g/mol. The molecule has 2 N–H and O–H groups in total. The molecule has 1 unspecified atom stereocenters. The van der Waals surface area contributed by atoms with E-state index in [0.29, 0.717) is 18.2 Å². The summed E-state index contributed by atoms with van der Waals surface area (Å²) >= 11 is 0. The molecular weight excluding hydrogens is 266 g/mol. The highest BCUT2D eigenvalue weighted by Crippen LogP contribution is 2.25. The van der Waals surface area contributed by atoms with Crippen LogP contribution in [0.5, 0.6) is 5.75 Å². The van der Waals surface area contributed by atoms with Gasteiger partial charge in [0.15, 0.2) is 0 Å². The van der Waals surface area contributed by atoms with E-state index in [0.717, 1.165) is 37.3 Å². The molecule has 1 saturated heterocycles. The van der Waals surface area contributed by atoms with Gasteiger partial charge in [0.25, 0.3) is 0 Å². The topological polar surface area (TPSA) is 53.6 Å². The van der Waals surface area contributed by atoms with E-state index in [2.05, 4.69) is 15.5 Å². The minimum absolute atomic E-state index is 0.0176. The summed E-state index contributed by atoms with van der Waals surface area (Å²) in [5.41, 5.74) is 1.84. The van der Waals surface area contributed by atoms with Gasteiger partial charge in [-0.2, -0.15) is 0 Å². The van der Waals surface area contributed by atoms with Crippen molar-refractivity contribution in [1.82, 2.24) is 10.2 Å². The van der Waals surface area contributed by atoms with Crippen molar-refractivity contribution in [2.24, 2.45) is 5.92 Å². The zero-order valence-corrected chi connectivity index (χ0v) is 13.1. The second kappa shape index (κ2) is 7.43. The Balaban J connectivity index is 1.89. The molecule has 5 nitrogen and oxygen atoms in total. The minimum Gasteiger partial charge on any atom is -0.495 e. The van der Waals surface area contributed by atoms with Gasteiger partial charge in [0, 0.05) is 6.54 Å². The van der Waals surface area contributed by atoms with E-state index < -0.39 is 0 Å². The van der Waals surface area contributed by atoms with Crippen molar-refractivity contribution in [3.05, 3.63) is 23.8 Å². The summed E-state index contributed by atoms with van der Waals surface area (Å²) in [4.78, 5) is 14.4. The van der Waals surface area contributed by atoms with Gasteiger partial charge in [-0.15, -0.1) is 0 Å². The number of likely N-dealkylation sites (tertiary alicyclic amines) is 1. The smallest absolute Gasteiger partial charge is 0.238 e. The number of carbonyl (C=O) groups excluding carboxylic acids is 1. The third-order valence-corrected chi connectivity index (χ3v) is 3.86. The molecule has 1 aromatic rings. The lowest BCUT2D eigenvalue weighted by atomic mass is 10.1. The molecule has 1 atom stereocenters. The predicted octanol–water partition coefficient (Wildman–Crippen LogP) is 1.48. The SMILES string of the molecule is CNCC1CCN(CC(=O)Nc2cc(C)ccc2OC)C1. The second-order valence-corrected chi connectivity index (χ2v) is 5.70. The van der Waals surface area contributed by atoms with Crippen LogP contribution >= 0.6 is 0 Å². The molecule has 21 heavy (non-hydrogen) atoms. The Morgan fingerprint density at radius 3 is 3.00 bits per heavy atom. The fourth-order valence-electron chi connectivity index (χ4n) is 2.82. The lowest BCUT2D eigenvalue weighted by Gasteiger charge is -2.17. The zero-order valence-electron chi connectivity index (χ0n) is 13.1. The fourth-order valence-corrected chi connectivity index (χ4v) is 2.82. The van der Waals surface area contributed by atoms with Gasteiger partial charge in [-0.25, -0.2) is 0 Å². The van der Waals surface area contributed by atoms with Crippen LogP contribution in [-0.2, 0) is 4.79 Å². The van der Waals surface area contributed by atoms with Crippen LogP contribution in [0.25, 0.3) is 0 Å². The normalized spacial score (nSPS) is 18.7. The molecule has 0 saturated carbocycles.